The molecule has 47 heavy (non-hydrogen) atoms. The molecule has 3 N–H and O–H groups in total. The maximum absolute atomic E-state index is 12.3. The average molecular weight is 658 g/mol. The summed E-state index contributed by atoms with van der Waals surface area (Å²) >= 11 is 0. The molecule has 0 aliphatic rings. The number of carbonyl (C=O) groups excluding carboxylic acids is 1. The van der Waals surface area contributed by atoms with Gasteiger partial charge in [-0.1, -0.05) is 178 Å². The first-order valence-electron chi connectivity index (χ1n) is 20.4. The summed E-state index contributed by atoms with van der Waals surface area (Å²) in [5.41, 5.74) is 0. The molecule has 0 heterocycles. The first kappa shape index (κ1) is 45.3. The summed E-state index contributed by atoms with van der Waals surface area (Å²) in [4.78, 5) is 12.3. The zero-order valence-electron chi connectivity index (χ0n) is 31.3. The molecule has 2 atom stereocenters. The molecule has 274 valence electrons. The van der Waals surface area contributed by atoms with E-state index in [-0.39, 0.29) is 12.5 Å². The van der Waals surface area contributed by atoms with E-state index in [1.807, 2.05) is 6.08 Å². The highest BCUT2D eigenvalue weighted by Crippen LogP contribution is 2.14. The molecule has 0 spiro atoms. The van der Waals surface area contributed by atoms with Crippen LogP contribution in [0.5, 0.6) is 0 Å². The fraction of sp³-hybridized carbons (Fsp3) is 0.791. The minimum atomic E-state index is -0.870. The quantitative estimate of drug-likeness (QED) is 0.0464. The smallest absolute Gasteiger partial charge is 0.220 e. The van der Waals surface area contributed by atoms with Crippen LogP contribution < -0.4 is 5.32 Å². The van der Waals surface area contributed by atoms with Crippen LogP contribution in [0.1, 0.15) is 200 Å². The summed E-state index contributed by atoms with van der Waals surface area (Å²) in [6, 6.07) is -0.646. The third-order valence-electron chi connectivity index (χ3n) is 9.01. The molecule has 4 heteroatoms. The standard InChI is InChI=1S/C43H79NO3/c1-3-5-7-9-11-13-15-17-18-19-20-21-22-23-24-25-26-27-29-31-33-35-37-39-43(47)44-41(40-45)42(46)38-36-34-32-30-28-16-14-12-10-8-6-4-2/h10,12,23-24,28,30,36,38,41-42,45-46H,3-9,11,13-22,25-27,29,31-35,37,39-40H2,1-2H3,(H,44,47)/b12-10+,24-23-,30-28+,38-36+. The van der Waals surface area contributed by atoms with Crippen molar-refractivity contribution >= 4 is 5.91 Å². The van der Waals surface area contributed by atoms with Crippen molar-refractivity contribution in [3.8, 4) is 0 Å². The highest BCUT2D eigenvalue weighted by Gasteiger charge is 2.17. The van der Waals surface area contributed by atoms with Crippen LogP contribution in [0.15, 0.2) is 48.6 Å². The number of aliphatic hydroxyl groups is 2. The number of aliphatic hydroxyl groups excluding tert-OH is 2. The zero-order chi connectivity index (χ0) is 34.3. The van der Waals surface area contributed by atoms with Crippen molar-refractivity contribution in [2.24, 2.45) is 0 Å². The summed E-state index contributed by atoms with van der Waals surface area (Å²) in [5, 5.41) is 22.9. The minimum Gasteiger partial charge on any atom is -0.394 e. The van der Waals surface area contributed by atoms with E-state index in [0.717, 1.165) is 38.5 Å². The van der Waals surface area contributed by atoms with E-state index in [0.29, 0.717) is 6.42 Å². The lowest BCUT2D eigenvalue weighted by Gasteiger charge is -2.19. The predicted molar refractivity (Wildman–Crippen MR) is 207 cm³/mol. The monoisotopic (exact) mass is 658 g/mol. The number of hydrogen-bond acceptors (Lipinski definition) is 3. The van der Waals surface area contributed by atoms with Gasteiger partial charge in [0.25, 0.3) is 0 Å². The first-order valence-corrected chi connectivity index (χ1v) is 20.4. The molecule has 2 unspecified atom stereocenters. The van der Waals surface area contributed by atoms with Crippen molar-refractivity contribution in [2.45, 2.75) is 212 Å². The van der Waals surface area contributed by atoms with E-state index in [1.54, 1.807) is 6.08 Å². The van der Waals surface area contributed by atoms with Crippen molar-refractivity contribution in [3.63, 3.8) is 0 Å². The number of unbranched alkanes of at least 4 members (excludes halogenated alkanes) is 23. The molecule has 4 nitrogen and oxygen atoms in total. The SMILES string of the molecule is CCCC/C=C/CC/C=C/CC/C=C/C(O)C(CO)NC(=O)CCCCCCCCC/C=C\CCCCCCCCCCCCCC. The Morgan fingerprint density at radius 2 is 0.851 bits per heavy atom. The van der Waals surface area contributed by atoms with Crippen molar-refractivity contribution in [1.29, 1.82) is 0 Å². The van der Waals surface area contributed by atoms with Gasteiger partial charge in [-0.2, -0.15) is 0 Å². The van der Waals surface area contributed by atoms with Crippen LogP contribution >= 0.6 is 0 Å². The lowest BCUT2D eigenvalue weighted by molar-refractivity contribution is -0.123. The van der Waals surface area contributed by atoms with Gasteiger partial charge in [0.1, 0.15) is 0 Å². The molecular weight excluding hydrogens is 578 g/mol. The molecular formula is C43H79NO3. The van der Waals surface area contributed by atoms with Crippen molar-refractivity contribution in [2.75, 3.05) is 6.61 Å². The van der Waals surface area contributed by atoms with Crippen LogP contribution in [0.2, 0.25) is 0 Å². The molecule has 0 aromatic rings. The van der Waals surface area contributed by atoms with E-state index in [9.17, 15) is 15.0 Å². The number of carbonyl (C=O) groups is 1. The van der Waals surface area contributed by atoms with Gasteiger partial charge in [-0.05, 0) is 64.2 Å². The topological polar surface area (TPSA) is 69.6 Å². The highest BCUT2D eigenvalue weighted by atomic mass is 16.3. The molecule has 0 saturated carbocycles. The lowest BCUT2D eigenvalue weighted by atomic mass is 10.0. The normalized spacial score (nSPS) is 13.5. The van der Waals surface area contributed by atoms with Crippen LogP contribution in [0.3, 0.4) is 0 Å². The largest absolute Gasteiger partial charge is 0.394 e. The second kappa shape index (κ2) is 38.8. The van der Waals surface area contributed by atoms with Crippen LogP contribution in [-0.4, -0.2) is 34.9 Å². The number of amides is 1. The molecule has 0 aliphatic carbocycles. The third-order valence-corrected chi connectivity index (χ3v) is 9.01. The van der Waals surface area contributed by atoms with Gasteiger partial charge in [-0.3, -0.25) is 4.79 Å². The maximum atomic E-state index is 12.3. The molecule has 0 fully saturated rings. The second-order valence-electron chi connectivity index (χ2n) is 13.7. The fourth-order valence-corrected chi connectivity index (χ4v) is 5.84. The molecule has 0 bridgehead atoms. The van der Waals surface area contributed by atoms with Gasteiger partial charge in [-0.25, -0.2) is 0 Å². The Hall–Kier alpha value is -1.65. The minimum absolute atomic E-state index is 0.0848. The van der Waals surface area contributed by atoms with Crippen molar-refractivity contribution in [1.82, 2.24) is 5.32 Å². The number of rotatable bonds is 36. The highest BCUT2D eigenvalue weighted by molar-refractivity contribution is 5.76. The Balaban J connectivity index is 3.59. The van der Waals surface area contributed by atoms with Crippen LogP contribution in [0, 0.1) is 0 Å². The van der Waals surface area contributed by atoms with Gasteiger partial charge in [0, 0.05) is 6.42 Å². The summed E-state index contributed by atoms with van der Waals surface area (Å²) in [5.74, 6) is -0.0848. The third kappa shape index (κ3) is 35.5. The van der Waals surface area contributed by atoms with E-state index in [4.69, 9.17) is 0 Å². The fourth-order valence-electron chi connectivity index (χ4n) is 5.84. The predicted octanol–water partition coefficient (Wildman–Crippen LogP) is 12.4. The molecule has 0 aliphatic heterocycles. The summed E-state index contributed by atoms with van der Waals surface area (Å²) in [6.45, 7) is 4.24. The van der Waals surface area contributed by atoms with Gasteiger partial charge >= 0.3 is 0 Å². The lowest BCUT2D eigenvalue weighted by Crippen LogP contribution is -2.45. The van der Waals surface area contributed by atoms with Gasteiger partial charge in [0.15, 0.2) is 0 Å². The van der Waals surface area contributed by atoms with E-state index in [1.165, 1.54) is 141 Å². The molecule has 0 aromatic carbocycles. The average Bonchev–Trinajstić information content (AvgIpc) is 3.07. The van der Waals surface area contributed by atoms with Crippen LogP contribution in [-0.2, 0) is 4.79 Å². The molecule has 0 radical (unpaired) electrons. The molecule has 1 amide bonds. The Labute approximate surface area is 293 Å². The van der Waals surface area contributed by atoms with Gasteiger partial charge in [-0.15, -0.1) is 0 Å². The van der Waals surface area contributed by atoms with Gasteiger partial charge in [0.05, 0.1) is 18.8 Å². The van der Waals surface area contributed by atoms with Crippen LogP contribution in [0.4, 0.5) is 0 Å². The molecule has 0 saturated heterocycles. The molecule has 0 aromatic heterocycles. The Morgan fingerprint density at radius 1 is 0.489 bits per heavy atom. The van der Waals surface area contributed by atoms with Crippen LogP contribution in [0.25, 0.3) is 0 Å². The van der Waals surface area contributed by atoms with Gasteiger partial charge < -0.3 is 15.5 Å². The number of allylic oxidation sites excluding steroid dienone is 7. The summed E-state index contributed by atoms with van der Waals surface area (Å²) in [6.07, 6.45) is 52.1. The summed E-state index contributed by atoms with van der Waals surface area (Å²) in [7, 11) is 0. The molecule has 0 rings (SSSR count). The Kier molecular flexibility index (Phi) is 37.4. The zero-order valence-corrected chi connectivity index (χ0v) is 31.3. The van der Waals surface area contributed by atoms with Gasteiger partial charge in [0.2, 0.25) is 5.91 Å². The number of hydrogen-bond donors (Lipinski definition) is 3. The first-order chi connectivity index (χ1) is 23.2. The Morgan fingerprint density at radius 3 is 1.30 bits per heavy atom. The Bertz CT molecular complexity index is 756. The second-order valence-corrected chi connectivity index (χ2v) is 13.7. The van der Waals surface area contributed by atoms with Crippen molar-refractivity contribution in [3.05, 3.63) is 48.6 Å². The summed E-state index contributed by atoms with van der Waals surface area (Å²) < 4.78 is 0. The van der Waals surface area contributed by atoms with E-state index in [2.05, 4.69) is 55.6 Å². The van der Waals surface area contributed by atoms with E-state index < -0.39 is 12.1 Å². The maximum Gasteiger partial charge on any atom is 0.220 e. The number of nitrogens with one attached hydrogen (secondary N) is 1. The van der Waals surface area contributed by atoms with E-state index >= 15 is 0 Å². The van der Waals surface area contributed by atoms with Crippen molar-refractivity contribution < 1.29 is 15.0 Å².